The van der Waals surface area contributed by atoms with Crippen LogP contribution in [0.4, 0.5) is 4.79 Å². The summed E-state index contributed by atoms with van der Waals surface area (Å²) < 4.78 is 10.6. The van der Waals surface area contributed by atoms with Crippen molar-refractivity contribution in [1.29, 1.82) is 0 Å². The molecule has 1 fully saturated rings. The fourth-order valence-corrected chi connectivity index (χ4v) is 3.87. The number of aryl methyl sites for hydroxylation is 1. The molecule has 0 aromatic heterocycles. The third-order valence-corrected chi connectivity index (χ3v) is 5.16. The van der Waals surface area contributed by atoms with Gasteiger partial charge in [0, 0.05) is 25.2 Å². The van der Waals surface area contributed by atoms with E-state index in [4.69, 9.17) is 9.47 Å². The quantitative estimate of drug-likeness (QED) is 0.886. The molecular formula is C19H29ClN2O3. The molecule has 1 unspecified atom stereocenters. The maximum Gasteiger partial charge on any atom is 0.409 e. The topological polar surface area (TPSA) is 50.8 Å². The zero-order valence-electron chi connectivity index (χ0n) is 15.1. The van der Waals surface area contributed by atoms with Crippen molar-refractivity contribution in [2.45, 2.75) is 51.1 Å². The number of ether oxygens (including phenoxy) is 2. The number of benzene rings is 1. The molecule has 1 N–H and O–H groups in total. The number of hydrogen-bond acceptors (Lipinski definition) is 4. The lowest BCUT2D eigenvalue weighted by Crippen LogP contribution is -2.49. The van der Waals surface area contributed by atoms with Crippen molar-refractivity contribution in [3.63, 3.8) is 0 Å². The number of likely N-dealkylation sites (tertiary alicyclic amines) is 1. The Morgan fingerprint density at radius 1 is 1.24 bits per heavy atom. The Balaban J connectivity index is 0.00000225. The van der Waals surface area contributed by atoms with E-state index in [9.17, 15) is 4.79 Å². The molecule has 5 nitrogen and oxygen atoms in total. The second kappa shape index (κ2) is 9.30. The molecule has 1 heterocycles. The average molecular weight is 369 g/mol. The number of carbonyl (C=O) groups excluding carboxylic acids is 1. The Hall–Kier alpha value is -1.46. The number of amides is 1. The molecule has 25 heavy (non-hydrogen) atoms. The summed E-state index contributed by atoms with van der Waals surface area (Å²) in [5.74, 6) is 1.01. The third kappa shape index (κ3) is 4.79. The fraction of sp³-hybridized carbons (Fsp3) is 0.632. The Morgan fingerprint density at radius 2 is 2.00 bits per heavy atom. The summed E-state index contributed by atoms with van der Waals surface area (Å²) in [6, 6.07) is 7.33. The molecule has 1 saturated heterocycles. The number of fused-ring (bicyclic) bond motifs is 1. The monoisotopic (exact) mass is 368 g/mol. The molecule has 1 aliphatic heterocycles. The van der Waals surface area contributed by atoms with Crippen molar-refractivity contribution in [2.24, 2.45) is 0 Å². The highest BCUT2D eigenvalue weighted by Gasteiger charge is 2.27. The lowest BCUT2D eigenvalue weighted by Gasteiger charge is -2.35. The van der Waals surface area contributed by atoms with Gasteiger partial charge < -0.3 is 19.7 Å². The number of nitrogens with zero attached hydrogens (tertiary/aromatic N) is 1. The van der Waals surface area contributed by atoms with E-state index in [0.717, 1.165) is 50.9 Å². The van der Waals surface area contributed by atoms with Gasteiger partial charge in [-0.15, -0.1) is 12.4 Å². The van der Waals surface area contributed by atoms with Crippen LogP contribution in [0.2, 0.25) is 0 Å². The molecule has 0 bridgehead atoms. The van der Waals surface area contributed by atoms with Gasteiger partial charge in [0.1, 0.15) is 5.75 Å². The van der Waals surface area contributed by atoms with E-state index < -0.39 is 0 Å². The summed E-state index contributed by atoms with van der Waals surface area (Å²) in [4.78, 5) is 13.6. The van der Waals surface area contributed by atoms with E-state index in [2.05, 4.69) is 23.5 Å². The molecule has 0 radical (unpaired) electrons. The Bertz CT molecular complexity index is 560. The molecule has 1 aromatic carbocycles. The van der Waals surface area contributed by atoms with Gasteiger partial charge in [0.2, 0.25) is 0 Å². The molecule has 1 amide bonds. The van der Waals surface area contributed by atoms with Crippen LogP contribution in [-0.2, 0) is 17.6 Å². The summed E-state index contributed by atoms with van der Waals surface area (Å²) >= 11 is 0. The number of rotatable bonds is 4. The Morgan fingerprint density at radius 3 is 2.68 bits per heavy atom. The van der Waals surface area contributed by atoms with Gasteiger partial charge in [-0.2, -0.15) is 0 Å². The number of nitrogens with one attached hydrogen (secondary N) is 1. The first kappa shape index (κ1) is 19.9. The first-order chi connectivity index (χ1) is 11.7. The summed E-state index contributed by atoms with van der Waals surface area (Å²) in [6.07, 6.45) is 5.11. The predicted molar refractivity (Wildman–Crippen MR) is 101 cm³/mol. The van der Waals surface area contributed by atoms with Crippen LogP contribution in [0.1, 0.15) is 37.3 Å². The number of hydrogen-bond donors (Lipinski definition) is 1. The molecule has 1 aromatic rings. The van der Waals surface area contributed by atoms with Gasteiger partial charge in [0.05, 0.1) is 13.7 Å². The van der Waals surface area contributed by atoms with Gasteiger partial charge >= 0.3 is 6.09 Å². The molecule has 140 valence electrons. The van der Waals surface area contributed by atoms with E-state index in [-0.39, 0.29) is 18.5 Å². The van der Waals surface area contributed by atoms with Gasteiger partial charge in [-0.1, -0.05) is 12.1 Å². The van der Waals surface area contributed by atoms with Crippen molar-refractivity contribution in [2.75, 3.05) is 26.8 Å². The Labute approximate surface area is 156 Å². The largest absolute Gasteiger partial charge is 0.496 e. The highest BCUT2D eigenvalue weighted by atomic mass is 35.5. The summed E-state index contributed by atoms with van der Waals surface area (Å²) in [5.41, 5.74) is 2.78. The van der Waals surface area contributed by atoms with Crippen molar-refractivity contribution in [1.82, 2.24) is 10.2 Å². The van der Waals surface area contributed by atoms with Crippen molar-refractivity contribution in [3.05, 3.63) is 29.3 Å². The molecule has 0 saturated carbocycles. The normalized spacial score (nSPS) is 20.4. The number of methoxy groups -OCH3 is 1. The van der Waals surface area contributed by atoms with Gasteiger partial charge in [0.15, 0.2) is 0 Å². The number of carbonyl (C=O) groups is 1. The van der Waals surface area contributed by atoms with E-state index in [1.807, 2.05) is 11.8 Å². The van der Waals surface area contributed by atoms with Crippen LogP contribution in [0.5, 0.6) is 5.75 Å². The second-order valence-corrected chi connectivity index (χ2v) is 6.66. The molecule has 0 spiro atoms. The van der Waals surface area contributed by atoms with E-state index in [1.54, 1.807) is 7.11 Å². The van der Waals surface area contributed by atoms with Crippen molar-refractivity contribution < 1.29 is 14.3 Å². The first-order valence-corrected chi connectivity index (χ1v) is 9.03. The average Bonchev–Trinajstić information content (AvgIpc) is 2.62. The minimum absolute atomic E-state index is 0. The molecule has 1 atom stereocenters. The maximum absolute atomic E-state index is 11.8. The van der Waals surface area contributed by atoms with Crippen LogP contribution in [0.3, 0.4) is 0 Å². The smallest absolute Gasteiger partial charge is 0.409 e. The minimum Gasteiger partial charge on any atom is -0.496 e. The Kier molecular flexibility index (Phi) is 7.38. The zero-order valence-corrected chi connectivity index (χ0v) is 15.9. The van der Waals surface area contributed by atoms with Gasteiger partial charge in [-0.05, 0) is 56.2 Å². The number of halogens is 1. The highest BCUT2D eigenvalue weighted by molar-refractivity contribution is 5.85. The highest BCUT2D eigenvalue weighted by Crippen LogP contribution is 2.30. The lowest BCUT2D eigenvalue weighted by molar-refractivity contribution is 0.0940. The molecule has 1 aliphatic carbocycles. The van der Waals surface area contributed by atoms with Crippen LogP contribution < -0.4 is 10.1 Å². The van der Waals surface area contributed by atoms with Crippen molar-refractivity contribution in [3.8, 4) is 5.75 Å². The van der Waals surface area contributed by atoms with E-state index >= 15 is 0 Å². The fourth-order valence-electron chi connectivity index (χ4n) is 3.87. The molecule has 2 aliphatic rings. The van der Waals surface area contributed by atoms with Gasteiger partial charge in [-0.25, -0.2) is 4.79 Å². The van der Waals surface area contributed by atoms with Crippen molar-refractivity contribution >= 4 is 18.5 Å². The lowest BCUT2D eigenvalue weighted by atomic mass is 9.87. The van der Waals surface area contributed by atoms with Crippen LogP contribution in [0.15, 0.2) is 18.2 Å². The van der Waals surface area contributed by atoms with E-state index in [1.165, 1.54) is 11.1 Å². The number of piperidine rings is 1. The summed E-state index contributed by atoms with van der Waals surface area (Å²) in [6.45, 7) is 3.86. The van der Waals surface area contributed by atoms with Crippen LogP contribution in [0.25, 0.3) is 0 Å². The van der Waals surface area contributed by atoms with Gasteiger partial charge in [-0.3, -0.25) is 0 Å². The summed E-state index contributed by atoms with van der Waals surface area (Å²) in [5, 5.41) is 3.81. The standard InChI is InChI=1S/C19H28N2O3.ClH/c1-3-24-19(22)21-11-9-15(10-12-21)20-16-8-7-14-5-4-6-18(23-2)17(14)13-16;/h4-6,15-16,20H,3,7-13H2,1-2H3;1H. The van der Waals surface area contributed by atoms with Crippen LogP contribution in [0, 0.1) is 0 Å². The molecular weight excluding hydrogens is 340 g/mol. The zero-order chi connectivity index (χ0) is 16.9. The first-order valence-electron chi connectivity index (χ1n) is 9.03. The predicted octanol–water partition coefficient (Wildman–Crippen LogP) is 3.18. The van der Waals surface area contributed by atoms with Gasteiger partial charge in [0.25, 0.3) is 0 Å². The third-order valence-electron chi connectivity index (χ3n) is 5.16. The van der Waals surface area contributed by atoms with Crippen LogP contribution in [-0.4, -0.2) is 49.9 Å². The summed E-state index contributed by atoms with van der Waals surface area (Å²) in [7, 11) is 1.75. The minimum atomic E-state index is -0.174. The SMILES string of the molecule is CCOC(=O)N1CCC(NC2CCc3cccc(OC)c3C2)CC1.Cl. The molecule has 6 heteroatoms. The van der Waals surface area contributed by atoms with Crippen LogP contribution >= 0.6 is 12.4 Å². The second-order valence-electron chi connectivity index (χ2n) is 6.66. The molecule has 3 rings (SSSR count). The van der Waals surface area contributed by atoms with E-state index in [0.29, 0.717) is 18.7 Å². The maximum atomic E-state index is 11.8.